The van der Waals surface area contributed by atoms with Gasteiger partial charge in [-0.2, -0.15) is 0 Å². The highest BCUT2D eigenvalue weighted by atomic mass is 16.3. The van der Waals surface area contributed by atoms with Gasteiger partial charge < -0.3 is 8.98 Å². The monoisotopic (exact) mass is 288 g/mol. The molecule has 3 heteroatoms. The minimum Gasteiger partial charge on any atom is -0.436 e. The molecule has 4 rings (SSSR count). The molecule has 0 unspecified atom stereocenters. The van der Waals surface area contributed by atoms with E-state index in [0.29, 0.717) is 5.89 Å². The SMILES string of the molecule is Cc1cccc(-c2nc3cc(-n4cccc4)cc(C)c3o2)c1. The van der Waals surface area contributed by atoms with Crippen LogP contribution in [0.3, 0.4) is 0 Å². The number of oxazole rings is 1. The fourth-order valence-corrected chi connectivity index (χ4v) is 2.74. The molecule has 0 saturated carbocycles. The van der Waals surface area contributed by atoms with Crippen molar-refractivity contribution in [2.75, 3.05) is 0 Å². The maximum atomic E-state index is 5.99. The van der Waals surface area contributed by atoms with Crippen molar-refractivity contribution >= 4 is 11.1 Å². The summed E-state index contributed by atoms with van der Waals surface area (Å²) in [5, 5.41) is 0. The summed E-state index contributed by atoms with van der Waals surface area (Å²) in [6.07, 6.45) is 4.06. The Hall–Kier alpha value is -2.81. The molecule has 0 aliphatic heterocycles. The van der Waals surface area contributed by atoms with Gasteiger partial charge in [-0.05, 0) is 55.8 Å². The third-order valence-electron chi connectivity index (χ3n) is 3.83. The van der Waals surface area contributed by atoms with Gasteiger partial charge in [-0.15, -0.1) is 0 Å². The molecule has 0 fully saturated rings. The number of benzene rings is 2. The summed E-state index contributed by atoms with van der Waals surface area (Å²) in [6.45, 7) is 4.13. The molecule has 2 heterocycles. The van der Waals surface area contributed by atoms with Gasteiger partial charge in [-0.25, -0.2) is 4.98 Å². The van der Waals surface area contributed by atoms with Gasteiger partial charge in [-0.1, -0.05) is 17.7 Å². The normalized spacial score (nSPS) is 11.2. The smallest absolute Gasteiger partial charge is 0.227 e. The number of hydrogen-bond acceptors (Lipinski definition) is 2. The highest BCUT2D eigenvalue weighted by Gasteiger charge is 2.12. The van der Waals surface area contributed by atoms with E-state index < -0.39 is 0 Å². The first kappa shape index (κ1) is 12.9. The fourth-order valence-electron chi connectivity index (χ4n) is 2.74. The van der Waals surface area contributed by atoms with Crippen molar-refractivity contribution in [1.82, 2.24) is 9.55 Å². The van der Waals surface area contributed by atoms with E-state index in [0.717, 1.165) is 27.9 Å². The van der Waals surface area contributed by atoms with Crippen LogP contribution in [0.25, 0.3) is 28.2 Å². The third kappa shape index (κ3) is 2.11. The van der Waals surface area contributed by atoms with Crippen LogP contribution in [0.4, 0.5) is 0 Å². The van der Waals surface area contributed by atoms with Crippen LogP contribution in [0.5, 0.6) is 0 Å². The van der Waals surface area contributed by atoms with Gasteiger partial charge in [0, 0.05) is 23.6 Å². The molecule has 0 bridgehead atoms. The summed E-state index contributed by atoms with van der Waals surface area (Å²) in [5.74, 6) is 0.673. The molecule has 22 heavy (non-hydrogen) atoms. The largest absolute Gasteiger partial charge is 0.436 e. The van der Waals surface area contributed by atoms with E-state index in [9.17, 15) is 0 Å². The van der Waals surface area contributed by atoms with Gasteiger partial charge in [0.1, 0.15) is 5.52 Å². The molecule has 0 amide bonds. The van der Waals surface area contributed by atoms with E-state index in [1.165, 1.54) is 5.56 Å². The molecule has 0 atom stereocenters. The van der Waals surface area contributed by atoms with Gasteiger partial charge >= 0.3 is 0 Å². The van der Waals surface area contributed by atoms with Crippen LogP contribution < -0.4 is 0 Å². The van der Waals surface area contributed by atoms with Crippen LogP contribution in [-0.2, 0) is 0 Å². The topological polar surface area (TPSA) is 31.0 Å². The Bertz CT molecular complexity index is 949. The number of aromatic nitrogens is 2. The van der Waals surface area contributed by atoms with Crippen molar-refractivity contribution in [3.63, 3.8) is 0 Å². The van der Waals surface area contributed by atoms with E-state index >= 15 is 0 Å². The van der Waals surface area contributed by atoms with Crippen molar-refractivity contribution < 1.29 is 4.42 Å². The molecular formula is C19H16N2O. The molecule has 0 aliphatic carbocycles. The highest BCUT2D eigenvalue weighted by Crippen LogP contribution is 2.28. The Kier molecular flexibility index (Phi) is 2.86. The lowest BCUT2D eigenvalue weighted by Crippen LogP contribution is -1.90. The lowest BCUT2D eigenvalue weighted by atomic mass is 10.1. The van der Waals surface area contributed by atoms with Crippen LogP contribution in [0.2, 0.25) is 0 Å². The predicted molar refractivity (Wildman–Crippen MR) is 88.2 cm³/mol. The van der Waals surface area contributed by atoms with Gasteiger partial charge in [0.2, 0.25) is 5.89 Å². The Morgan fingerprint density at radius 2 is 1.77 bits per heavy atom. The quantitative estimate of drug-likeness (QED) is 0.525. The summed E-state index contributed by atoms with van der Waals surface area (Å²) >= 11 is 0. The zero-order valence-corrected chi connectivity index (χ0v) is 12.6. The van der Waals surface area contributed by atoms with Crippen LogP contribution in [0.1, 0.15) is 11.1 Å². The Morgan fingerprint density at radius 3 is 2.55 bits per heavy atom. The second-order valence-corrected chi connectivity index (χ2v) is 5.59. The highest BCUT2D eigenvalue weighted by molar-refractivity contribution is 5.81. The van der Waals surface area contributed by atoms with Crippen molar-refractivity contribution in [3.8, 4) is 17.1 Å². The molecule has 0 aliphatic rings. The first-order valence-corrected chi connectivity index (χ1v) is 7.32. The summed E-state index contributed by atoms with van der Waals surface area (Å²) in [5.41, 5.74) is 6.14. The molecule has 4 aromatic rings. The molecule has 2 aromatic carbocycles. The fraction of sp³-hybridized carbons (Fsp3) is 0.105. The van der Waals surface area contributed by atoms with E-state index in [1.54, 1.807) is 0 Å². The summed E-state index contributed by atoms with van der Waals surface area (Å²) in [4.78, 5) is 4.68. The second kappa shape index (κ2) is 4.88. The Morgan fingerprint density at radius 1 is 0.955 bits per heavy atom. The van der Waals surface area contributed by atoms with Crippen molar-refractivity contribution in [2.24, 2.45) is 0 Å². The molecular weight excluding hydrogens is 272 g/mol. The predicted octanol–water partition coefficient (Wildman–Crippen LogP) is 4.90. The number of nitrogens with zero attached hydrogens (tertiary/aromatic N) is 2. The van der Waals surface area contributed by atoms with Gasteiger partial charge in [0.15, 0.2) is 5.58 Å². The first-order chi connectivity index (χ1) is 10.7. The maximum Gasteiger partial charge on any atom is 0.227 e. The number of fused-ring (bicyclic) bond motifs is 1. The van der Waals surface area contributed by atoms with E-state index in [-0.39, 0.29) is 0 Å². The minimum atomic E-state index is 0.673. The van der Waals surface area contributed by atoms with Crippen LogP contribution in [0.15, 0.2) is 65.3 Å². The molecule has 0 N–H and O–H groups in total. The maximum absolute atomic E-state index is 5.99. The lowest BCUT2D eigenvalue weighted by molar-refractivity contribution is 0.617. The van der Waals surface area contributed by atoms with Gasteiger partial charge in [0.05, 0.1) is 0 Å². The summed E-state index contributed by atoms with van der Waals surface area (Å²) < 4.78 is 8.07. The molecule has 108 valence electrons. The van der Waals surface area contributed by atoms with Crippen LogP contribution in [-0.4, -0.2) is 9.55 Å². The second-order valence-electron chi connectivity index (χ2n) is 5.59. The Balaban J connectivity index is 1.89. The van der Waals surface area contributed by atoms with Crippen LogP contribution in [0, 0.1) is 13.8 Å². The molecule has 0 spiro atoms. The molecule has 2 aromatic heterocycles. The molecule has 0 radical (unpaired) electrons. The van der Waals surface area contributed by atoms with Crippen molar-refractivity contribution in [1.29, 1.82) is 0 Å². The van der Waals surface area contributed by atoms with E-state index in [4.69, 9.17) is 4.42 Å². The average molecular weight is 288 g/mol. The van der Waals surface area contributed by atoms with Gasteiger partial charge in [-0.3, -0.25) is 0 Å². The molecule has 3 nitrogen and oxygen atoms in total. The third-order valence-corrected chi connectivity index (χ3v) is 3.83. The minimum absolute atomic E-state index is 0.673. The van der Waals surface area contributed by atoms with Crippen molar-refractivity contribution in [3.05, 3.63) is 72.1 Å². The van der Waals surface area contributed by atoms with Crippen molar-refractivity contribution in [2.45, 2.75) is 13.8 Å². The first-order valence-electron chi connectivity index (χ1n) is 7.32. The zero-order chi connectivity index (χ0) is 15.1. The number of rotatable bonds is 2. The number of aryl methyl sites for hydroxylation is 2. The van der Waals surface area contributed by atoms with E-state index in [2.05, 4.69) is 47.7 Å². The summed E-state index contributed by atoms with van der Waals surface area (Å²) in [7, 11) is 0. The number of hydrogen-bond donors (Lipinski definition) is 0. The summed E-state index contributed by atoms with van der Waals surface area (Å²) in [6, 6.07) is 16.4. The molecule has 0 saturated heterocycles. The van der Waals surface area contributed by atoms with Gasteiger partial charge in [0.25, 0.3) is 0 Å². The van der Waals surface area contributed by atoms with Crippen LogP contribution >= 0.6 is 0 Å². The zero-order valence-electron chi connectivity index (χ0n) is 12.6. The standard InChI is InChI=1S/C19H16N2O/c1-13-6-5-7-15(10-13)19-20-17-12-16(21-8-3-4-9-21)11-14(2)18(17)22-19/h3-12H,1-2H3. The Labute approximate surface area is 128 Å². The average Bonchev–Trinajstić information content (AvgIpc) is 3.16. The lowest BCUT2D eigenvalue weighted by Gasteiger charge is -2.03. The van der Waals surface area contributed by atoms with E-state index in [1.807, 2.05) is 36.7 Å².